The van der Waals surface area contributed by atoms with Gasteiger partial charge in [0.05, 0.1) is 0 Å². The Balaban J connectivity index is 0. The van der Waals surface area contributed by atoms with Crippen LogP contribution in [-0.2, 0) is 4.79 Å². The summed E-state index contributed by atoms with van der Waals surface area (Å²) in [6, 6.07) is -0.902. The van der Waals surface area contributed by atoms with Crippen molar-refractivity contribution in [3.05, 3.63) is 0 Å². The van der Waals surface area contributed by atoms with E-state index in [2.05, 4.69) is 17.9 Å². The topological polar surface area (TPSA) is 127 Å². The molecule has 6 nitrogen and oxygen atoms in total. The first-order chi connectivity index (χ1) is 8.77. The van der Waals surface area contributed by atoms with E-state index in [0.29, 0.717) is 0 Å². The number of rotatable bonds is 9. The normalized spacial score (nSPS) is 12.5. The summed E-state index contributed by atoms with van der Waals surface area (Å²) < 4.78 is -0.647. The quantitative estimate of drug-likeness (QED) is 0.257. The first-order valence-corrected chi connectivity index (χ1v) is 7.03. The fourth-order valence-electron chi connectivity index (χ4n) is 1.10. The molecule has 0 aliphatic rings. The van der Waals surface area contributed by atoms with Gasteiger partial charge >= 0.3 is 5.97 Å². The number of unbranched alkanes of at least 4 members (excludes halogenated alkanes) is 2. The van der Waals surface area contributed by atoms with E-state index in [9.17, 15) is 4.79 Å². The van der Waals surface area contributed by atoms with Crippen molar-refractivity contribution in [2.24, 2.45) is 17.2 Å². The smallest absolute Gasteiger partial charge is 0.321 e. The molecule has 7 heteroatoms. The van der Waals surface area contributed by atoms with Crippen molar-refractivity contribution in [2.45, 2.75) is 43.9 Å². The van der Waals surface area contributed by atoms with Gasteiger partial charge in [0.1, 0.15) is 6.04 Å². The summed E-state index contributed by atoms with van der Waals surface area (Å²) in [7, 11) is 0. The molecule has 19 heavy (non-hydrogen) atoms. The molecule has 0 saturated heterocycles. The van der Waals surface area contributed by atoms with Gasteiger partial charge in [-0.15, -0.1) is 0 Å². The standard InChI is InChI=1S/C7H19N3.C5H11NO2S/c8-4-2-1-3-6-10-7-5-9;1-5(2,9)3(6)4(7)8/h10H,1-9H2;3,9H,6H2,1-2H3,(H,7,8)/t;3-/m.0/s1. The fraction of sp³-hybridized carbons (Fsp3) is 0.917. The first-order valence-electron chi connectivity index (χ1n) is 6.59. The number of carbonyl (C=O) groups is 1. The van der Waals surface area contributed by atoms with Crippen LogP contribution in [0.25, 0.3) is 0 Å². The molecule has 0 fully saturated rings. The molecule has 0 spiro atoms. The average molecular weight is 294 g/mol. The van der Waals surface area contributed by atoms with Crippen molar-refractivity contribution >= 4 is 18.6 Å². The predicted octanol–water partition coefficient (Wildman–Crippen LogP) is -0.230. The van der Waals surface area contributed by atoms with Crippen LogP contribution in [0.3, 0.4) is 0 Å². The second kappa shape index (κ2) is 12.7. The van der Waals surface area contributed by atoms with Crippen molar-refractivity contribution in [2.75, 3.05) is 26.2 Å². The first kappa shape index (κ1) is 21.0. The van der Waals surface area contributed by atoms with Gasteiger partial charge in [-0.25, -0.2) is 0 Å². The van der Waals surface area contributed by atoms with Gasteiger partial charge in [-0.2, -0.15) is 12.6 Å². The molecule has 0 aromatic carbocycles. The Morgan fingerprint density at radius 1 is 1.21 bits per heavy atom. The maximum absolute atomic E-state index is 10.2. The van der Waals surface area contributed by atoms with Crippen LogP contribution in [0, 0.1) is 0 Å². The molecule has 1 atom stereocenters. The number of carboxylic acids is 1. The van der Waals surface area contributed by atoms with E-state index in [1.165, 1.54) is 12.8 Å². The molecule has 116 valence electrons. The number of nitrogens with one attached hydrogen (secondary N) is 1. The van der Waals surface area contributed by atoms with Crippen LogP contribution in [0.5, 0.6) is 0 Å². The maximum atomic E-state index is 10.2. The van der Waals surface area contributed by atoms with Crippen LogP contribution in [0.15, 0.2) is 0 Å². The Morgan fingerprint density at radius 3 is 2.11 bits per heavy atom. The zero-order valence-corrected chi connectivity index (χ0v) is 13.0. The highest BCUT2D eigenvalue weighted by Gasteiger charge is 2.27. The third kappa shape index (κ3) is 15.6. The largest absolute Gasteiger partial charge is 0.480 e. The Morgan fingerprint density at radius 2 is 1.79 bits per heavy atom. The molecule has 0 aliphatic carbocycles. The second-order valence-corrected chi connectivity index (χ2v) is 6.01. The van der Waals surface area contributed by atoms with E-state index in [1.54, 1.807) is 13.8 Å². The number of hydrogen-bond acceptors (Lipinski definition) is 6. The van der Waals surface area contributed by atoms with Crippen molar-refractivity contribution in [3.63, 3.8) is 0 Å². The van der Waals surface area contributed by atoms with Crippen LogP contribution in [0.2, 0.25) is 0 Å². The number of nitrogens with two attached hydrogens (primary N) is 3. The molecule has 0 aliphatic heterocycles. The number of hydrogen-bond donors (Lipinski definition) is 6. The van der Waals surface area contributed by atoms with Gasteiger partial charge in [-0.1, -0.05) is 6.42 Å². The average Bonchev–Trinajstić information content (AvgIpc) is 2.32. The van der Waals surface area contributed by atoms with Gasteiger partial charge in [0, 0.05) is 17.8 Å². The summed E-state index contributed by atoms with van der Waals surface area (Å²) in [5.41, 5.74) is 15.8. The number of thiol groups is 1. The summed E-state index contributed by atoms with van der Waals surface area (Å²) >= 11 is 3.98. The van der Waals surface area contributed by atoms with Crippen LogP contribution in [0.4, 0.5) is 0 Å². The summed E-state index contributed by atoms with van der Waals surface area (Å²) in [6.07, 6.45) is 3.59. The molecule has 0 amide bonds. The molecule has 0 rings (SSSR count). The summed E-state index contributed by atoms with van der Waals surface area (Å²) in [6.45, 7) is 6.89. The van der Waals surface area contributed by atoms with E-state index < -0.39 is 16.8 Å². The van der Waals surface area contributed by atoms with Crippen molar-refractivity contribution in [1.29, 1.82) is 0 Å². The van der Waals surface area contributed by atoms with Crippen molar-refractivity contribution < 1.29 is 9.90 Å². The van der Waals surface area contributed by atoms with Gasteiger partial charge in [0.2, 0.25) is 0 Å². The lowest BCUT2D eigenvalue weighted by Crippen LogP contribution is -2.45. The van der Waals surface area contributed by atoms with Gasteiger partial charge < -0.3 is 27.6 Å². The zero-order valence-electron chi connectivity index (χ0n) is 12.1. The van der Waals surface area contributed by atoms with Gasteiger partial charge in [0.15, 0.2) is 0 Å². The van der Waals surface area contributed by atoms with Crippen molar-refractivity contribution in [1.82, 2.24) is 5.32 Å². The van der Waals surface area contributed by atoms with Gasteiger partial charge in [-0.3, -0.25) is 4.79 Å². The van der Waals surface area contributed by atoms with E-state index in [0.717, 1.165) is 32.6 Å². The lowest BCUT2D eigenvalue weighted by atomic mass is 10.1. The van der Waals surface area contributed by atoms with Crippen molar-refractivity contribution in [3.8, 4) is 0 Å². The molecule has 0 bridgehead atoms. The minimum absolute atomic E-state index is 0.647. The minimum Gasteiger partial charge on any atom is -0.480 e. The zero-order chi connectivity index (χ0) is 15.3. The summed E-state index contributed by atoms with van der Waals surface area (Å²) in [5, 5.41) is 11.6. The lowest BCUT2D eigenvalue weighted by molar-refractivity contribution is -0.139. The predicted molar refractivity (Wildman–Crippen MR) is 83.5 cm³/mol. The van der Waals surface area contributed by atoms with Crippen LogP contribution in [0.1, 0.15) is 33.1 Å². The van der Waals surface area contributed by atoms with Gasteiger partial charge in [0.25, 0.3) is 0 Å². The van der Waals surface area contributed by atoms with E-state index >= 15 is 0 Å². The third-order valence-corrected chi connectivity index (χ3v) is 2.68. The minimum atomic E-state index is -1.02. The maximum Gasteiger partial charge on any atom is 0.321 e. The third-order valence-electron chi connectivity index (χ3n) is 2.41. The molecule has 0 heterocycles. The summed E-state index contributed by atoms with van der Waals surface area (Å²) in [5.74, 6) is -1.02. The van der Waals surface area contributed by atoms with E-state index in [4.69, 9.17) is 22.3 Å². The highest BCUT2D eigenvalue weighted by Crippen LogP contribution is 2.15. The Kier molecular flexibility index (Phi) is 14.0. The van der Waals surface area contributed by atoms with E-state index in [-0.39, 0.29) is 0 Å². The Hall–Kier alpha value is -0.340. The number of carboxylic acid groups (broad SMARTS) is 1. The Labute approximate surface area is 121 Å². The van der Waals surface area contributed by atoms with Crippen LogP contribution in [-0.4, -0.2) is 48.0 Å². The molecule has 0 unspecified atom stereocenters. The lowest BCUT2D eigenvalue weighted by Gasteiger charge is -2.21. The van der Waals surface area contributed by atoms with E-state index in [1.807, 2.05) is 0 Å². The monoisotopic (exact) mass is 294 g/mol. The van der Waals surface area contributed by atoms with Crippen LogP contribution >= 0.6 is 12.6 Å². The molecule has 8 N–H and O–H groups in total. The molecule has 0 aromatic rings. The molecule has 0 radical (unpaired) electrons. The molecule has 0 saturated carbocycles. The van der Waals surface area contributed by atoms with Crippen LogP contribution < -0.4 is 22.5 Å². The molecular weight excluding hydrogens is 264 g/mol. The number of aliphatic carboxylic acids is 1. The highest BCUT2D eigenvalue weighted by molar-refractivity contribution is 7.81. The Bertz CT molecular complexity index is 214. The summed E-state index contributed by atoms with van der Waals surface area (Å²) in [4.78, 5) is 10.2. The SMILES string of the molecule is CC(C)(S)[C@@H](N)C(=O)O.NCCCCCNCCN. The fourth-order valence-corrected chi connectivity index (χ4v) is 1.21. The highest BCUT2D eigenvalue weighted by atomic mass is 32.1. The molecule has 0 aromatic heterocycles. The van der Waals surface area contributed by atoms with Gasteiger partial charge in [-0.05, 0) is 39.8 Å². The molecular formula is C12H30N4O2S. The second-order valence-electron chi connectivity index (χ2n) is 4.86.